The van der Waals surface area contributed by atoms with Crippen LogP contribution in [0.2, 0.25) is 5.02 Å². The van der Waals surface area contributed by atoms with E-state index in [2.05, 4.69) is 54.0 Å². The summed E-state index contributed by atoms with van der Waals surface area (Å²) in [5, 5.41) is 7.35. The Labute approximate surface area is 183 Å². The van der Waals surface area contributed by atoms with Gasteiger partial charge in [-0.2, -0.15) is 5.10 Å². The lowest BCUT2D eigenvalue weighted by Gasteiger charge is -2.08. The van der Waals surface area contributed by atoms with Crippen molar-refractivity contribution >= 4 is 41.4 Å². The molecule has 2 rings (SSSR count). The highest BCUT2D eigenvalue weighted by Gasteiger charge is 2.08. The number of hydrogen-bond acceptors (Lipinski definition) is 3. The molecule has 6 heteroatoms. The maximum Gasteiger partial charge on any atom is 0.240 e. The number of anilines is 1. The van der Waals surface area contributed by atoms with Crippen LogP contribution in [0.25, 0.3) is 6.08 Å². The van der Waals surface area contributed by atoms with E-state index < -0.39 is 0 Å². The molecule has 0 spiro atoms. The molecule has 158 valence electrons. The summed E-state index contributed by atoms with van der Waals surface area (Å²) in [5.41, 5.74) is 7.28. The van der Waals surface area contributed by atoms with Gasteiger partial charge in [0.15, 0.2) is 0 Å². The number of halogens is 1. The minimum absolute atomic E-state index is 0.0508. The number of nitrogens with zero attached hydrogens (tertiary/aromatic N) is 1. The lowest BCUT2D eigenvalue weighted by atomic mass is 10.0. The fraction of sp³-hybridized carbons (Fsp3) is 0.292. The van der Waals surface area contributed by atoms with Gasteiger partial charge in [0.05, 0.1) is 6.21 Å². The lowest BCUT2D eigenvalue weighted by molar-refractivity contribution is -0.124. The smallest absolute Gasteiger partial charge is 0.240 e. The van der Waals surface area contributed by atoms with Gasteiger partial charge in [-0.05, 0) is 60.2 Å². The van der Waals surface area contributed by atoms with Crippen molar-refractivity contribution in [2.45, 2.75) is 46.5 Å². The number of hydrogen-bond donors (Lipinski definition) is 2. The van der Waals surface area contributed by atoms with Crippen LogP contribution in [0.4, 0.5) is 5.69 Å². The number of rotatable bonds is 8. The molecule has 2 N–H and O–H groups in total. The largest absolute Gasteiger partial charge is 0.326 e. The zero-order valence-electron chi connectivity index (χ0n) is 17.8. The second kappa shape index (κ2) is 11.3. The van der Waals surface area contributed by atoms with E-state index in [0.717, 1.165) is 16.7 Å². The molecule has 0 heterocycles. The Balaban J connectivity index is 1.77. The molecule has 0 radical (unpaired) electrons. The molecule has 0 bridgehead atoms. The van der Waals surface area contributed by atoms with Crippen LogP contribution in [0, 0.1) is 6.92 Å². The van der Waals surface area contributed by atoms with Crippen molar-refractivity contribution in [2.75, 3.05) is 5.32 Å². The summed E-state index contributed by atoms with van der Waals surface area (Å²) in [6.07, 6.45) is 3.70. The van der Waals surface area contributed by atoms with Crippen LogP contribution in [0.15, 0.2) is 53.1 Å². The summed E-state index contributed by atoms with van der Waals surface area (Å²) < 4.78 is 0. The lowest BCUT2D eigenvalue weighted by Crippen LogP contribution is -2.20. The van der Waals surface area contributed by atoms with Gasteiger partial charge >= 0.3 is 0 Å². The van der Waals surface area contributed by atoms with Gasteiger partial charge < -0.3 is 5.32 Å². The van der Waals surface area contributed by atoms with Gasteiger partial charge in [0.1, 0.15) is 0 Å². The van der Waals surface area contributed by atoms with Gasteiger partial charge in [0, 0.05) is 23.6 Å². The molecule has 0 aromatic heterocycles. The van der Waals surface area contributed by atoms with Crippen LogP contribution in [-0.4, -0.2) is 18.0 Å². The third-order valence-corrected chi connectivity index (χ3v) is 4.73. The molecule has 0 aliphatic carbocycles. The first-order valence-electron chi connectivity index (χ1n) is 9.90. The quantitative estimate of drug-likeness (QED) is 0.421. The Bertz CT molecular complexity index is 947. The molecule has 5 nitrogen and oxygen atoms in total. The number of carbonyl (C=O) groups excluding carboxylic acids is 2. The van der Waals surface area contributed by atoms with E-state index in [1.165, 1.54) is 5.56 Å². The Morgan fingerprint density at radius 2 is 1.73 bits per heavy atom. The number of benzene rings is 2. The van der Waals surface area contributed by atoms with Crippen molar-refractivity contribution < 1.29 is 9.59 Å². The van der Waals surface area contributed by atoms with Gasteiger partial charge in [-0.25, -0.2) is 5.43 Å². The van der Waals surface area contributed by atoms with Crippen LogP contribution in [0.1, 0.15) is 56.2 Å². The van der Waals surface area contributed by atoms with Crippen molar-refractivity contribution in [3.05, 3.63) is 69.8 Å². The average Bonchev–Trinajstić information content (AvgIpc) is 2.69. The predicted octanol–water partition coefficient (Wildman–Crippen LogP) is 5.70. The van der Waals surface area contributed by atoms with E-state index in [9.17, 15) is 9.59 Å². The molecule has 0 atom stereocenters. The van der Waals surface area contributed by atoms with Gasteiger partial charge in [0.2, 0.25) is 11.8 Å². The number of hydrazone groups is 1. The highest BCUT2D eigenvalue weighted by molar-refractivity contribution is 6.30. The number of carbonyl (C=O) groups is 2. The van der Waals surface area contributed by atoms with Crippen molar-refractivity contribution in [2.24, 2.45) is 5.10 Å². The molecule has 0 aliphatic heterocycles. The molecular formula is C24H28ClN3O2. The second-order valence-corrected chi connectivity index (χ2v) is 7.95. The Hall–Kier alpha value is -2.92. The van der Waals surface area contributed by atoms with Crippen molar-refractivity contribution in [1.82, 2.24) is 5.43 Å². The third kappa shape index (κ3) is 7.84. The van der Waals surface area contributed by atoms with Crippen LogP contribution >= 0.6 is 11.6 Å². The second-order valence-electron chi connectivity index (χ2n) is 7.51. The number of nitrogens with one attached hydrogen (secondary N) is 2. The first-order valence-corrected chi connectivity index (χ1v) is 10.3. The topological polar surface area (TPSA) is 70.6 Å². The van der Waals surface area contributed by atoms with E-state index in [1.807, 2.05) is 19.9 Å². The molecule has 0 saturated heterocycles. The first-order chi connectivity index (χ1) is 14.2. The standard InChI is InChI=1S/C24H28ClN3O2/c1-16(2)20-7-5-19(6-8-20)13-17(3)15-26-28-24(30)12-11-23(29)27-22-10-9-21(25)14-18(22)4/h5-10,13-16H,11-12H2,1-4H3,(H,27,29)(H,28,30)/b17-13+,26-15?. The Morgan fingerprint density at radius 1 is 1.07 bits per heavy atom. The normalized spacial score (nSPS) is 11.7. The maximum atomic E-state index is 12.0. The average molecular weight is 426 g/mol. The molecule has 0 unspecified atom stereocenters. The maximum absolute atomic E-state index is 12.0. The van der Waals surface area contributed by atoms with Crippen LogP contribution < -0.4 is 10.7 Å². The molecule has 0 aliphatic rings. The zero-order chi connectivity index (χ0) is 22.1. The molecule has 0 fully saturated rings. The summed E-state index contributed by atoms with van der Waals surface area (Å²) in [5.74, 6) is -0.0537. The zero-order valence-corrected chi connectivity index (χ0v) is 18.6. The summed E-state index contributed by atoms with van der Waals surface area (Å²) in [6, 6.07) is 13.6. The summed E-state index contributed by atoms with van der Waals surface area (Å²) >= 11 is 5.91. The van der Waals surface area contributed by atoms with Crippen molar-refractivity contribution in [3.8, 4) is 0 Å². The van der Waals surface area contributed by atoms with Crippen LogP contribution in [-0.2, 0) is 9.59 Å². The minimum atomic E-state index is -0.316. The van der Waals surface area contributed by atoms with E-state index in [0.29, 0.717) is 16.6 Å². The predicted molar refractivity (Wildman–Crippen MR) is 125 cm³/mol. The minimum Gasteiger partial charge on any atom is -0.326 e. The highest BCUT2D eigenvalue weighted by Crippen LogP contribution is 2.20. The van der Waals surface area contributed by atoms with Gasteiger partial charge in [0.25, 0.3) is 0 Å². The summed E-state index contributed by atoms with van der Waals surface area (Å²) in [6.45, 7) is 8.09. The van der Waals surface area contributed by atoms with Gasteiger partial charge in [-0.1, -0.05) is 55.8 Å². The first kappa shape index (κ1) is 23.4. The molecular weight excluding hydrogens is 398 g/mol. The fourth-order valence-electron chi connectivity index (χ4n) is 2.75. The SMILES string of the molecule is C/C(C=NNC(=O)CCC(=O)Nc1ccc(Cl)cc1C)=C\c1ccc(C(C)C)cc1. The van der Waals surface area contributed by atoms with E-state index in [1.54, 1.807) is 24.4 Å². The van der Waals surface area contributed by atoms with Gasteiger partial charge in [-0.15, -0.1) is 0 Å². The highest BCUT2D eigenvalue weighted by atomic mass is 35.5. The van der Waals surface area contributed by atoms with E-state index in [4.69, 9.17) is 11.6 Å². The van der Waals surface area contributed by atoms with Crippen LogP contribution in [0.5, 0.6) is 0 Å². The Kier molecular flexibility index (Phi) is 8.81. The molecule has 2 aromatic carbocycles. The molecule has 0 saturated carbocycles. The molecule has 2 aromatic rings. The van der Waals surface area contributed by atoms with Gasteiger partial charge in [-0.3, -0.25) is 9.59 Å². The monoisotopic (exact) mass is 425 g/mol. The summed E-state index contributed by atoms with van der Waals surface area (Å²) in [4.78, 5) is 23.9. The number of allylic oxidation sites excluding steroid dienone is 1. The third-order valence-electron chi connectivity index (χ3n) is 4.50. The van der Waals surface area contributed by atoms with E-state index >= 15 is 0 Å². The number of amides is 2. The number of aryl methyl sites for hydroxylation is 1. The van der Waals surface area contributed by atoms with E-state index in [-0.39, 0.29) is 24.7 Å². The van der Waals surface area contributed by atoms with Crippen molar-refractivity contribution in [3.63, 3.8) is 0 Å². The van der Waals surface area contributed by atoms with Crippen molar-refractivity contribution in [1.29, 1.82) is 0 Å². The summed E-state index contributed by atoms with van der Waals surface area (Å²) in [7, 11) is 0. The molecule has 30 heavy (non-hydrogen) atoms. The Morgan fingerprint density at radius 3 is 2.37 bits per heavy atom. The van der Waals surface area contributed by atoms with Crippen LogP contribution in [0.3, 0.4) is 0 Å². The fourth-order valence-corrected chi connectivity index (χ4v) is 2.97. The molecule has 2 amide bonds.